The summed E-state index contributed by atoms with van der Waals surface area (Å²) in [5.74, 6) is -3.50. The number of hydrogen-bond donors (Lipinski definition) is 0. The molecule has 0 aliphatic heterocycles. The molecule has 1 nitrogen and oxygen atoms in total. The van der Waals surface area contributed by atoms with E-state index in [0.29, 0.717) is 0 Å². The Kier molecular flexibility index (Phi) is 4.30. The molecule has 0 heterocycles. The summed E-state index contributed by atoms with van der Waals surface area (Å²) in [5.41, 5.74) is -0.374. The molecule has 2 aromatic carbocycles. The minimum atomic E-state index is -4.48. The summed E-state index contributed by atoms with van der Waals surface area (Å²) in [6.07, 6.45) is -4.48. The zero-order chi connectivity index (χ0) is 16.5. The molecule has 1 unspecified atom stereocenters. The van der Waals surface area contributed by atoms with E-state index in [1.54, 1.807) is 0 Å². The van der Waals surface area contributed by atoms with E-state index < -0.39 is 29.3 Å². The number of rotatable bonds is 3. The molecule has 1 atom stereocenters. The fraction of sp³-hybridized carbons (Fsp3) is 0.188. The molecule has 0 radical (unpaired) electrons. The van der Waals surface area contributed by atoms with Crippen molar-refractivity contribution in [2.75, 3.05) is 0 Å². The predicted octanol–water partition coefficient (Wildman–Crippen LogP) is 4.70. The van der Waals surface area contributed by atoms with Crippen LogP contribution in [0.1, 0.15) is 29.5 Å². The van der Waals surface area contributed by atoms with Gasteiger partial charge in [-0.3, -0.25) is 4.79 Å². The number of halogens is 5. The molecule has 0 saturated heterocycles. The summed E-state index contributed by atoms with van der Waals surface area (Å²) >= 11 is 0. The SMILES string of the molecule is CC(=O)C(c1ccc(C(F)(F)F)cc1)c1ccc(F)c(F)c1. The molecular formula is C16H11F5O. The van der Waals surface area contributed by atoms with E-state index in [0.717, 1.165) is 36.4 Å². The molecule has 0 N–H and O–H groups in total. The second kappa shape index (κ2) is 5.87. The molecule has 2 aromatic rings. The van der Waals surface area contributed by atoms with Crippen molar-refractivity contribution in [2.45, 2.75) is 19.0 Å². The van der Waals surface area contributed by atoms with E-state index in [2.05, 4.69) is 0 Å². The molecule has 0 aliphatic carbocycles. The highest BCUT2D eigenvalue weighted by molar-refractivity contribution is 5.86. The van der Waals surface area contributed by atoms with Gasteiger partial charge in [0, 0.05) is 0 Å². The average Bonchev–Trinajstić information content (AvgIpc) is 2.42. The first-order chi connectivity index (χ1) is 10.2. The minimum absolute atomic E-state index is 0.186. The fourth-order valence-corrected chi connectivity index (χ4v) is 2.22. The van der Waals surface area contributed by atoms with Crippen molar-refractivity contribution in [1.82, 2.24) is 0 Å². The van der Waals surface area contributed by atoms with Crippen molar-refractivity contribution in [3.63, 3.8) is 0 Å². The summed E-state index contributed by atoms with van der Waals surface area (Å²) in [6.45, 7) is 1.24. The molecular weight excluding hydrogens is 303 g/mol. The summed E-state index contributed by atoms with van der Waals surface area (Å²) in [6, 6.07) is 7.02. The molecule has 0 aliphatic rings. The number of Topliss-reactive ketones (excluding diaryl/α,β-unsaturated/α-hetero) is 1. The Labute approximate surface area is 123 Å². The van der Waals surface area contributed by atoms with Gasteiger partial charge in [-0.15, -0.1) is 0 Å². The second-order valence-electron chi connectivity index (χ2n) is 4.84. The third-order valence-electron chi connectivity index (χ3n) is 3.25. The van der Waals surface area contributed by atoms with Crippen LogP contribution in [-0.2, 0) is 11.0 Å². The molecule has 0 bridgehead atoms. The Balaban J connectivity index is 2.44. The number of ketones is 1. The average molecular weight is 314 g/mol. The van der Waals surface area contributed by atoms with Gasteiger partial charge >= 0.3 is 6.18 Å². The van der Waals surface area contributed by atoms with E-state index in [4.69, 9.17) is 0 Å². The Bertz CT molecular complexity index is 689. The lowest BCUT2D eigenvalue weighted by atomic mass is 9.88. The first-order valence-corrected chi connectivity index (χ1v) is 6.32. The van der Waals surface area contributed by atoms with Crippen molar-refractivity contribution in [2.24, 2.45) is 0 Å². The van der Waals surface area contributed by atoms with Crippen molar-refractivity contribution >= 4 is 5.78 Å². The predicted molar refractivity (Wildman–Crippen MR) is 70.3 cm³/mol. The van der Waals surface area contributed by atoms with Gasteiger partial charge in [-0.2, -0.15) is 13.2 Å². The zero-order valence-electron chi connectivity index (χ0n) is 11.4. The van der Waals surface area contributed by atoms with Gasteiger partial charge < -0.3 is 0 Å². The molecule has 2 rings (SSSR count). The molecule has 116 valence electrons. The minimum Gasteiger partial charge on any atom is -0.299 e. The molecule has 0 spiro atoms. The van der Waals surface area contributed by atoms with Crippen LogP contribution in [0.2, 0.25) is 0 Å². The number of hydrogen-bond acceptors (Lipinski definition) is 1. The Morgan fingerprint density at radius 2 is 1.45 bits per heavy atom. The van der Waals surface area contributed by atoms with Gasteiger partial charge in [-0.25, -0.2) is 8.78 Å². The van der Waals surface area contributed by atoms with Crippen molar-refractivity contribution in [1.29, 1.82) is 0 Å². The fourth-order valence-electron chi connectivity index (χ4n) is 2.22. The maximum atomic E-state index is 13.3. The lowest BCUT2D eigenvalue weighted by molar-refractivity contribution is -0.137. The van der Waals surface area contributed by atoms with Crippen LogP contribution in [0.5, 0.6) is 0 Å². The van der Waals surface area contributed by atoms with Crippen LogP contribution in [-0.4, -0.2) is 5.78 Å². The van der Waals surface area contributed by atoms with Crippen LogP contribution in [0.3, 0.4) is 0 Å². The Morgan fingerprint density at radius 3 is 1.91 bits per heavy atom. The molecule has 0 aromatic heterocycles. The van der Waals surface area contributed by atoms with Crippen molar-refractivity contribution < 1.29 is 26.7 Å². The maximum Gasteiger partial charge on any atom is 0.416 e. The van der Waals surface area contributed by atoms with Gasteiger partial charge in [0.15, 0.2) is 11.6 Å². The van der Waals surface area contributed by atoms with Gasteiger partial charge in [-0.05, 0) is 42.3 Å². The van der Waals surface area contributed by atoms with E-state index >= 15 is 0 Å². The lowest BCUT2D eigenvalue weighted by Crippen LogP contribution is -2.12. The second-order valence-corrected chi connectivity index (χ2v) is 4.84. The van der Waals surface area contributed by atoms with Crippen LogP contribution < -0.4 is 0 Å². The van der Waals surface area contributed by atoms with Crippen LogP contribution >= 0.6 is 0 Å². The summed E-state index contributed by atoms with van der Waals surface area (Å²) < 4.78 is 63.9. The largest absolute Gasteiger partial charge is 0.416 e. The first-order valence-electron chi connectivity index (χ1n) is 6.32. The highest BCUT2D eigenvalue weighted by Gasteiger charge is 2.30. The monoisotopic (exact) mass is 314 g/mol. The number of benzene rings is 2. The normalized spacial score (nSPS) is 13.0. The molecule has 6 heteroatoms. The highest BCUT2D eigenvalue weighted by atomic mass is 19.4. The topological polar surface area (TPSA) is 17.1 Å². The van der Waals surface area contributed by atoms with Gasteiger partial charge in [-0.1, -0.05) is 18.2 Å². The molecule has 22 heavy (non-hydrogen) atoms. The maximum absolute atomic E-state index is 13.3. The van der Waals surface area contributed by atoms with Gasteiger partial charge in [0.1, 0.15) is 5.78 Å². The van der Waals surface area contributed by atoms with Gasteiger partial charge in [0.05, 0.1) is 11.5 Å². The van der Waals surface area contributed by atoms with E-state index in [9.17, 15) is 26.7 Å². The Morgan fingerprint density at radius 1 is 0.909 bits per heavy atom. The van der Waals surface area contributed by atoms with E-state index in [1.165, 1.54) is 13.0 Å². The third kappa shape index (κ3) is 3.32. The molecule has 0 amide bonds. The quantitative estimate of drug-likeness (QED) is 0.750. The first kappa shape index (κ1) is 16.1. The number of carbonyl (C=O) groups excluding carboxylic acids is 1. The van der Waals surface area contributed by atoms with E-state index in [1.807, 2.05) is 0 Å². The Hall–Kier alpha value is -2.24. The number of alkyl halides is 3. The van der Waals surface area contributed by atoms with Crippen molar-refractivity contribution in [3.05, 3.63) is 70.8 Å². The van der Waals surface area contributed by atoms with Gasteiger partial charge in [0.2, 0.25) is 0 Å². The molecule has 0 fully saturated rings. The zero-order valence-corrected chi connectivity index (χ0v) is 11.4. The summed E-state index contributed by atoms with van der Waals surface area (Å²) in [4.78, 5) is 11.8. The molecule has 0 saturated carbocycles. The van der Waals surface area contributed by atoms with Crippen molar-refractivity contribution in [3.8, 4) is 0 Å². The standard InChI is InChI=1S/C16H11F5O/c1-9(22)15(11-4-7-13(17)14(18)8-11)10-2-5-12(6-3-10)16(19,20)21/h2-8,15H,1H3. The smallest absolute Gasteiger partial charge is 0.299 e. The third-order valence-corrected chi connectivity index (χ3v) is 3.25. The summed E-state index contributed by atoms with van der Waals surface area (Å²) in [5, 5.41) is 0. The van der Waals surface area contributed by atoms with Gasteiger partial charge in [0.25, 0.3) is 0 Å². The highest BCUT2D eigenvalue weighted by Crippen LogP contribution is 2.32. The van der Waals surface area contributed by atoms with E-state index in [-0.39, 0.29) is 16.9 Å². The van der Waals surface area contributed by atoms with Crippen LogP contribution in [0, 0.1) is 11.6 Å². The van der Waals surface area contributed by atoms with Crippen LogP contribution in [0.25, 0.3) is 0 Å². The van der Waals surface area contributed by atoms with Crippen LogP contribution in [0.4, 0.5) is 22.0 Å². The number of carbonyl (C=O) groups is 1. The summed E-state index contributed by atoms with van der Waals surface area (Å²) in [7, 11) is 0. The van der Waals surface area contributed by atoms with Crippen LogP contribution in [0.15, 0.2) is 42.5 Å². The lowest BCUT2D eigenvalue weighted by Gasteiger charge is -2.16.